The third kappa shape index (κ3) is 4.07. The number of aryl methyl sites for hydroxylation is 1. The van der Waals surface area contributed by atoms with Crippen LogP contribution in [-0.4, -0.2) is 9.55 Å². The lowest BCUT2D eigenvalue weighted by Crippen LogP contribution is -2.19. The van der Waals surface area contributed by atoms with E-state index in [1.165, 1.54) is 55.9 Å². The first-order chi connectivity index (χ1) is 21.8. The second-order valence-electron chi connectivity index (χ2n) is 12.0. The summed E-state index contributed by atoms with van der Waals surface area (Å²) >= 11 is 0. The van der Waals surface area contributed by atoms with E-state index in [-0.39, 0.29) is 6.10 Å². The molecule has 0 N–H and O–H groups in total. The number of rotatable bonds is 4. The van der Waals surface area contributed by atoms with E-state index in [2.05, 4.69) is 132 Å². The first-order valence-corrected chi connectivity index (χ1v) is 15.8. The number of imidazole rings is 1. The molecule has 0 fully saturated rings. The Morgan fingerprint density at radius 1 is 0.682 bits per heavy atom. The van der Waals surface area contributed by atoms with Crippen molar-refractivity contribution in [1.82, 2.24) is 9.55 Å². The summed E-state index contributed by atoms with van der Waals surface area (Å²) in [6, 6.07) is 35.2. The number of fused-ring (bicyclic) bond motifs is 2. The Kier molecular flexibility index (Phi) is 5.90. The average Bonchev–Trinajstić information content (AvgIpc) is 3.49. The van der Waals surface area contributed by atoms with E-state index in [1.807, 2.05) is 0 Å². The smallest absolute Gasteiger partial charge is 0.145 e. The molecule has 1 atom stereocenters. The quantitative estimate of drug-likeness (QED) is 0.216. The SMILES string of the molecule is C1=CC2=C(CC1)OC1CC=C(c3ccc(-c4cccc(-n5c(-c6ccccc6)nc6c5C=CCC6)c4)cc3)c3cccc2c31. The molecule has 44 heavy (non-hydrogen) atoms. The Hall–Kier alpha value is -5.15. The van der Waals surface area contributed by atoms with E-state index in [9.17, 15) is 0 Å². The van der Waals surface area contributed by atoms with Crippen molar-refractivity contribution in [1.29, 1.82) is 0 Å². The van der Waals surface area contributed by atoms with Crippen LogP contribution in [0.5, 0.6) is 0 Å². The van der Waals surface area contributed by atoms with Gasteiger partial charge in [-0.3, -0.25) is 4.57 Å². The largest absolute Gasteiger partial charge is 0.489 e. The van der Waals surface area contributed by atoms with Crippen LogP contribution in [0.4, 0.5) is 0 Å². The molecular weight excluding hydrogens is 536 g/mol. The molecular formula is C41H32N2O. The van der Waals surface area contributed by atoms with Gasteiger partial charge < -0.3 is 4.74 Å². The molecule has 4 aromatic carbocycles. The first kappa shape index (κ1) is 25.4. The highest BCUT2D eigenvalue weighted by atomic mass is 16.5. The first-order valence-electron chi connectivity index (χ1n) is 15.8. The van der Waals surface area contributed by atoms with Crippen LogP contribution in [0.15, 0.2) is 127 Å². The summed E-state index contributed by atoms with van der Waals surface area (Å²) in [6.45, 7) is 0. The fourth-order valence-electron chi connectivity index (χ4n) is 7.35. The molecule has 1 aliphatic heterocycles. The maximum absolute atomic E-state index is 6.55. The summed E-state index contributed by atoms with van der Waals surface area (Å²) in [5.74, 6) is 2.16. The highest BCUT2D eigenvalue weighted by Gasteiger charge is 2.33. The van der Waals surface area contributed by atoms with Gasteiger partial charge in [0.15, 0.2) is 0 Å². The van der Waals surface area contributed by atoms with Crippen molar-refractivity contribution in [2.75, 3.05) is 0 Å². The lowest BCUT2D eigenvalue weighted by Gasteiger charge is -2.35. The molecule has 9 rings (SSSR count). The summed E-state index contributed by atoms with van der Waals surface area (Å²) in [6.07, 6.45) is 16.5. The number of nitrogens with zero attached hydrogens (tertiary/aromatic N) is 2. The third-order valence-electron chi connectivity index (χ3n) is 9.43. The Balaban J connectivity index is 1.07. The highest BCUT2D eigenvalue weighted by Crippen LogP contribution is 2.48. The normalized spacial score (nSPS) is 17.8. The Morgan fingerprint density at radius 2 is 1.45 bits per heavy atom. The number of aromatic nitrogens is 2. The minimum Gasteiger partial charge on any atom is -0.489 e. The molecule has 0 saturated heterocycles. The Bertz CT molecular complexity index is 2050. The minimum absolute atomic E-state index is 0.113. The molecule has 0 bridgehead atoms. The number of allylic oxidation sites excluding steroid dienone is 5. The number of hydrogen-bond donors (Lipinski definition) is 0. The molecule has 1 unspecified atom stereocenters. The Morgan fingerprint density at radius 3 is 2.36 bits per heavy atom. The van der Waals surface area contributed by atoms with Gasteiger partial charge >= 0.3 is 0 Å². The summed E-state index contributed by atoms with van der Waals surface area (Å²) in [5, 5.41) is 0. The fraction of sp³-hybridized carbons (Fsp3) is 0.146. The van der Waals surface area contributed by atoms with Crippen LogP contribution in [0, 0.1) is 0 Å². The van der Waals surface area contributed by atoms with Gasteiger partial charge in [-0.15, -0.1) is 0 Å². The van der Waals surface area contributed by atoms with Crippen molar-refractivity contribution in [3.8, 4) is 28.2 Å². The van der Waals surface area contributed by atoms with Gasteiger partial charge in [0.1, 0.15) is 17.7 Å². The van der Waals surface area contributed by atoms with Crippen molar-refractivity contribution in [2.45, 2.75) is 38.2 Å². The summed E-state index contributed by atoms with van der Waals surface area (Å²) in [5.41, 5.74) is 14.8. The van der Waals surface area contributed by atoms with Gasteiger partial charge in [0.05, 0.1) is 11.4 Å². The summed E-state index contributed by atoms with van der Waals surface area (Å²) in [7, 11) is 0. The van der Waals surface area contributed by atoms with Crippen LogP contribution in [0.25, 0.3) is 45.4 Å². The lowest BCUT2D eigenvalue weighted by atomic mass is 9.79. The van der Waals surface area contributed by atoms with E-state index in [4.69, 9.17) is 9.72 Å². The van der Waals surface area contributed by atoms with Gasteiger partial charge in [0.25, 0.3) is 0 Å². The average molecular weight is 569 g/mol. The van der Waals surface area contributed by atoms with Gasteiger partial charge in [-0.1, -0.05) is 109 Å². The zero-order valence-corrected chi connectivity index (χ0v) is 24.5. The van der Waals surface area contributed by atoms with Crippen LogP contribution in [0.1, 0.15) is 65.4 Å². The van der Waals surface area contributed by atoms with E-state index in [1.54, 1.807) is 0 Å². The summed E-state index contributed by atoms with van der Waals surface area (Å²) < 4.78 is 8.87. The number of hydrogen-bond acceptors (Lipinski definition) is 2. The topological polar surface area (TPSA) is 27.1 Å². The zero-order valence-electron chi connectivity index (χ0n) is 24.5. The van der Waals surface area contributed by atoms with Crippen molar-refractivity contribution in [3.63, 3.8) is 0 Å². The maximum atomic E-state index is 6.55. The highest BCUT2D eigenvalue weighted by molar-refractivity contribution is 5.89. The monoisotopic (exact) mass is 568 g/mol. The van der Waals surface area contributed by atoms with Gasteiger partial charge in [0, 0.05) is 35.2 Å². The molecule has 0 radical (unpaired) electrons. The van der Waals surface area contributed by atoms with Gasteiger partial charge in [-0.2, -0.15) is 0 Å². The maximum Gasteiger partial charge on any atom is 0.145 e. The molecule has 5 aromatic rings. The van der Waals surface area contributed by atoms with Crippen molar-refractivity contribution >= 4 is 17.2 Å². The van der Waals surface area contributed by atoms with Crippen LogP contribution in [0.3, 0.4) is 0 Å². The molecule has 3 aliphatic carbocycles. The van der Waals surface area contributed by atoms with E-state index in [0.717, 1.165) is 54.9 Å². The molecule has 1 aromatic heterocycles. The lowest BCUT2D eigenvalue weighted by molar-refractivity contribution is 0.107. The molecule has 3 nitrogen and oxygen atoms in total. The van der Waals surface area contributed by atoms with E-state index < -0.39 is 0 Å². The number of benzene rings is 4. The zero-order chi connectivity index (χ0) is 29.0. The van der Waals surface area contributed by atoms with E-state index >= 15 is 0 Å². The molecule has 0 amide bonds. The predicted molar refractivity (Wildman–Crippen MR) is 179 cm³/mol. The second kappa shape index (κ2) is 10.2. The van der Waals surface area contributed by atoms with Crippen LogP contribution < -0.4 is 0 Å². The van der Waals surface area contributed by atoms with Gasteiger partial charge in [0.2, 0.25) is 0 Å². The summed E-state index contributed by atoms with van der Waals surface area (Å²) in [4.78, 5) is 5.12. The Labute approximate surface area is 258 Å². The van der Waals surface area contributed by atoms with Crippen molar-refractivity contribution < 1.29 is 4.74 Å². The number of ether oxygens (including phenoxy) is 1. The van der Waals surface area contributed by atoms with Gasteiger partial charge in [-0.05, 0) is 70.9 Å². The molecule has 3 heteroatoms. The van der Waals surface area contributed by atoms with E-state index in [0.29, 0.717) is 0 Å². The predicted octanol–water partition coefficient (Wildman–Crippen LogP) is 10.1. The van der Waals surface area contributed by atoms with Crippen molar-refractivity contribution in [3.05, 3.63) is 161 Å². The van der Waals surface area contributed by atoms with Crippen molar-refractivity contribution in [2.24, 2.45) is 0 Å². The van der Waals surface area contributed by atoms with Crippen LogP contribution in [0.2, 0.25) is 0 Å². The standard InChI is InChI=1S/C41H32N2O/c1-2-10-29(11-3-1)41-42-36-17-5-6-18-37(36)43(41)31-13-8-12-30(26-31)27-20-22-28(23-21-27)32-24-25-39-40-34(32)15-9-16-35(40)33-14-4-7-19-38(33)44-39/h1-4,6,8-16,18,20-24,26,39H,5,7,17,19,25H2. The second-order valence-corrected chi connectivity index (χ2v) is 12.0. The fourth-order valence-corrected chi connectivity index (χ4v) is 7.35. The molecule has 212 valence electrons. The molecule has 0 spiro atoms. The molecule has 0 saturated carbocycles. The molecule has 4 aliphatic rings. The van der Waals surface area contributed by atoms with Gasteiger partial charge in [-0.25, -0.2) is 4.98 Å². The molecule has 2 heterocycles. The minimum atomic E-state index is 0.113. The van der Waals surface area contributed by atoms with Crippen LogP contribution in [-0.2, 0) is 11.2 Å². The third-order valence-corrected chi connectivity index (χ3v) is 9.43. The van der Waals surface area contributed by atoms with Crippen LogP contribution >= 0.6 is 0 Å².